The molecule has 0 fully saturated rings. The van der Waals surface area contributed by atoms with E-state index in [0.717, 1.165) is 44.6 Å². The lowest BCUT2D eigenvalue weighted by Gasteiger charge is -2.14. The van der Waals surface area contributed by atoms with Gasteiger partial charge in [-0.1, -0.05) is 121 Å². The topological polar surface area (TPSA) is 22.8 Å². The van der Waals surface area contributed by atoms with Gasteiger partial charge in [-0.05, 0) is 89.0 Å². The van der Waals surface area contributed by atoms with Crippen LogP contribution in [0, 0.1) is 0 Å². The molecule has 7 aromatic carbocycles. The van der Waals surface area contributed by atoms with Gasteiger partial charge in [-0.15, -0.1) is 0 Å². The van der Waals surface area contributed by atoms with Crippen LogP contribution < -0.4 is 0 Å². The van der Waals surface area contributed by atoms with Crippen molar-refractivity contribution in [1.29, 1.82) is 0 Å². The van der Waals surface area contributed by atoms with Crippen molar-refractivity contribution in [3.05, 3.63) is 188 Å². The molecule has 0 unspecified atom stereocenters. The monoisotopic (exact) mass is 637 g/mol. The summed E-state index contributed by atoms with van der Waals surface area (Å²) in [5.41, 5.74) is 14.7. The normalized spacial score (nSPS) is 11.6. The van der Waals surface area contributed by atoms with Gasteiger partial charge in [0.2, 0.25) is 0 Å². The van der Waals surface area contributed by atoms with Crippen molar-refractivity contribution >= 4 is 43.7 Å². The van der Waals surface area contributed by atoms with Crippen LogP contribution in [0.15, 0.2) is 188 Å². The average Bonchev–Trinajstić information content (AvgIpc) is 3.71. The maximum Gasteiger partial charge on any atom is 0.0970 e. The van der Waals surface area contributed by atoms with Crippen LogP contribution >= 0.6 is 0 Å². The minimum Gasteiger partial charge on any atom is -0.309 e. The van der Waals surface area contributed by atoms with E-state index in [0.29, 0.717) is 0 Å². The number of rotatable bonds is 5. The molecule has 234 valence electrons. The summed E-state index contributed by atoms with van der Waals surface area (Å²) in [5.74, 6) is 0. The fraction of sp³-hybridized carbons (Fsp3) is 0. The van der Waals surface area contributed by atoms with E-state index in [1.54, 1.807) is 0 Å². The first-order chi connectivity index (χ1) is 24.8. The highest BCUT2D eigenvalue weighted by Gasteiger charge is 2.18. The first-order valence-corrected chi connectivity index (χ1v) is 17.1. The lowest BCUT2D eigenvalue weighted by atomic mass is 9.98. The van der Waals surface area contributed by atoms with Gasteiger partial charge < -0.3 is 9.13 Å². The molecule has 0 atom stereocenters. The van der Waals surface area contributed by atoms with Crippen molar-refractivity contribution in [3.63, 3.8) is 0 Å². The number of aromatic nitrogens is 3. The van der Waals surface area contributed by atoms with E-state index in [1.807, 2.05) is 0 Å². The summed E-state index contributed by atoms with van der Waals surface area (Å²) in [7, 11) is 0. The van der Waals surface area contributed by atoms with Crippen molar-refractivity contribution in [2.24, 2.45) is 0 Å². The van der Waals surface area contributed by atoms with Crippen LogP contribution in [0.2, 0.25) is 0 Å². The fourth-order valence-electron chi connectivity index (χ4n) is 7.59. The Labute approximate surface area is 290 Å². The van der Waals surface area contributed by atoms with Gasteiger partial charge in [-0.3, -0.25) is 0 Å². The molecule has 0 saturated carbocycles. The number of hydrogen-bond acceptors (Lipinski definition) is 1. The Morgan fingerprint density at radius 3 is 1.50 bits per heavy atom. The molecule has 0 spiro atoms. The van der Waals surface area contributed by atoms with E-state index >= 15 is 0 Å². The van der Waals surface area contributed by atoms with Crippen LogP contribution in [0.1, 0.15) is 0 Å². The smallest absolute Gasteiger partial charge is 0.0970 e. The highest BCUT2D eigenvalue weighted by Crippen LogP contribution is 2.38. The van der Waals surface area contributed by atoms with Gasteiger partial charge in [-0.25, -0.2) is 4.98 Å². The molecule has 0 aliphatic rings. The molecule has 0 aliphatic carbocycles. The molecule has 0 aliphatic heterocycles. The summed E-state index contributed by atoms with van der Waals surface area (Å²) in [6, 6.07) is 67.3. The Kier molecular flexibility index (Phi) is 6.49. The summed E-state index contributed by atoms with van der Waals surface area (Å²) < 4.78 is 4.73. The zero-order chi connectivity index (χ0) is 33.0. The number of pyridine rings is 1. The maximum absolute atomic E-state index is 5.33. The molecular formula is C47H31N3. The summed E-state index contributed by atoms with van der Waals surface area (Å²) >= 11 is 0. The predicted octanol–water partition coefficient (Wildman–Crippen LogP) is 12.3. The van der Waals surface area contributed by atoms with Crippen LogP contribution in [0.5, 0.6) is 0 Å². The van der Waals surface area contributed by atoms with E-state index in [4.69, 9.17) is 4.98 Å². The second-order valence-corrected chi connectivity index (χ2v) is 12.8. The molecule has 0 bridgehead atoms. The van der Waals surface area contributed by atoms with Crippen molar-refractivity contribution in [2.75, 3.05) is 0 Å². The Bertz CT molecular complexity index is 2790. The van der Waals surface area contributed by atoms with Crippen LogP contribution in [0.3, 0.4) is 0 Å². The zero-order valence-electron chi connectivity index (χ0n) is 27.2. The third kappa shape index (κ3) is 4.56. The third-order valence-corrected chi connectivity index (χ3v) is 9.89. The first kappa shape index (κ1) is 28.3. The Hall–Kier alpha value is -6.71. The van der Waals surface area contributed by atoms with Crippen LogP contribution in [-0.4, -0.2) is 14.1 Å². The molecule has 0 saturated heterocycles. The molecule has 10 aromatic rings. The van der Waals surface area contributed by atoms with Crippen LogP contribution in [-0.2, 0) is 0 Å². The van der Waals surface area contributed by atoms with Gasteiger partial charge in [0, 0.05) is 33.1 Å². The van der Waals surface area contributed by atoms with E-state index in [1.165, 1.54) is 44.1 Å². The number of para-hydroxylation sites is 3. The van der Waals surface area contributed by atoms with E-state index in [-0.39, 0.29) is 0 Å². The Balaban J connectivity index is 1.17. The average molecular weight is 638 g/mol. The summed E-state index contributed by atoms with van der Waals surface area (Å²) in [5, 5.41) is 3.58. The molecule has 0 radical (unpaired) electrons. The maximum atomic E-state index is 5.33. The number of fused-ring (bicyclic) bond motifs is 6. The van der Waals surface area contributed by atoms with E-state index in [9.17, 15) is 0 Å². The first-order valence-electron chi connectivity index (χ1n) is 17.1. The number of benzene rings is 7. The molecule has 50 heavy (non-hydrogen) atoms. The minimum absolute atomic E-state index is 0.963. The highest BCUT2D eigenvalue weighted by atomic mass is 15.0. The van der Waals surface area contributed by atoms with Gasteiger partial charge in [0.1, 0.15) is 0 Å². The van der Waals surface area contributed by atoms with Crippen molar-refractivity contribution in [1.82, 2.24) is 14.1 Å². The molecule has 0 N–H and O–H groups in total. The van der Waals surface area contributed by atoms with E-state index in [2.05, 4.69) is 197 Å². The molecule has 3 heterocycles. The molecule has 0 amide bonds. The molecular weight excluding hydrogens is 607 g/mol. The van der Waals surface area contributed by atoms with Crippen molar-refractivity contribution in [2.45, 2.75) is 0 Å². The molecule has 3 aromatic heterocycles. The van der Waals surface area contributed by atoms with Gasteiger partial charge in [0.25, 0.3) is 0 Å². The third-order valence-electron chi connectivity index (χ3n) is 9.89. The zero-order valence-corrected chi connectivity index (χ0v) is 27.2. The van der Waals surface area contributed by atoms with Crippen LogP contribution in [0.4, 0.5) is 0 Å². The number of nitrogens with zero attached hydrogens (tertiary/aromatic N) is 3. The Morgan fingerprint density at radius 1 is 0.300 bits per heavy atom. The number of hydrogen-bond donors (Lipinski definition) is 0. The van der Waals surface area contributed by atoms with Crippen molar-refractivity contribution < 1.29 is 0 Å². The Morgan fingerprint density at radius 2 is 0.820 bits per heavy atom. The highest BCUT2D eigenvalue weighted by molar-refractivity contribution is 6.11. The minimum atomic E-state index is 0.963. The molecule has 10 rings (SSSR count). The van der Waals surface area contributed by atoms with Gasteiger partial charge in [-0.2, -0.15) is 0 Å². The lowest BCUT2D eigenvalue weighted by molar-refractivity contribution is 1.17. The standard InChI is InChI=1S/C47H31N3/c1-4-14-32(15-5-1)35-28-36(33-16-6-2-7-17-33)30-38(29-35)50-43-22-12-10-20-39(43)41-31-34(24-26-45(41)50)42-25-27-46-47(48-42)40-21-11-13-23-44(40)49(46)37-18-8-3-9-19-37/h1-31H. The lowest BCUT2D eigenvalue weighted by Crippen LogP contribution is -1.96. The second kappa shape index (κ2) is 11.5. The summed E-state index contributed by atoms with van der Waals surface area (Å²) in [6.07, 6.45) is 0. The quantitative estimate of drug-likeness (QED) is 0.184. The molecule has 3 heteroatoms. The SMILES string of the molecule is c1ccc(-c2cc(-c3ccccc3)cc(-n3c4ccccc4c4cc(-c5ccc6c(n5)c5ccccc5n6-c5ccccc5)ccc43)c2)cc1. The van der Waals surface area contributed by atoms with Gasteiger partial charge >= 0.3 is 0 Å². The fourth-order valence-corrected chi connectivity index (χ4v) is 7.59. The predicted molar refractivity (Wildman–Crippen MR) is 209 cm³/mol. The van der Waals surface area contributed by atoms with Crippen molar-refractivity contribution in [3.8, 4) is 44.9 Å². The summed E-state index contributed by atoms with van der Waals surface area (Å²) in [4.78, 5) is 5.33. The largest absolute Gasteiger partial charge is 0.309 e. The van der Waals surface area contributed by atoms with Gasteiger partial charge in [0.05, 0.1) is 33.3 Å². The molecule has 3 nitrogen and oxygen atoms in total. The second-order valence-electron chi connectivity index (χ2n) is 12.8. The van der Waals surface area contributed by atoms with Crippen LogP contribution in [0.25, 0.3) is 88.6 Å². The summed E-state index contributed by atoms with van der Waals surface area (Å²) in [6.45, 7) is 0. The van der Waals surface area contributed by atoms with E-state index < -0.39 is 0 Å². The van der Waals surface area contributed by atoms with Gasteiger partial charge in [0.15, 0.2) is 0 Å².